The van der Waals surface area contributed by atoms with Crippen LogP contribution < -0.4 is 4.84 Å². The molecule has 1 radical (unpaired) electrons. The number of carbonyl (C=O) groups is 1. The molecule has 2 rings (SSSR count). The summed E-state index contributed by atoms with van der Waals surface area (Å²) in [4.78, 5) is 21.9. The SMILES string of the molecule is Cc1[c]nccc1ON1CCCC1C(=O)OC(C)(C)C. The van der Waals surface area contributed by atoms with Gasteiger partial charge in [0.1, 0.15) is 11.6 Å². The van der Waals surface area contributed by atoms with Crippen LogP contribution in [-0.2, 0) is 9.53 Å². The Hall–Kier alpha value is -1.62. The highest BCUT2D eigenvalue weighted by Gasteiger charge is 2.36. The molecule has 1 aliphatic rings. The van der Waals surface area contributed by atoms with Crippen LogP contribution in [0, 0.1) is 13.1 Å². The molecule has 1 aromatic heterocycles. The second-order valence-electron chi connectivity index (χ2n) is 5.97. The van der Waals surface area contributed by atoms with Crippen LogP contribution in [0.2, 0.25) is 0 Å². The van der Waals surface area contributed by atoms with Gasteiger partial charge >= 0.3 is 5.97 Å². The van der Waals surface area contributed by atoms with Gasteiger partial charge in [0.15, 0.2) is 5.75 Å². The molecule has 5 heteroatoms. The monoisotopic (exact) mass is 277 g/mol. The highest BCUT2D eigenvalue weighted by Crippen LogP contribution is 2.24. The average molecular weight is 277 g/mol. The first-order chi connectivity index (χ1) is 9.37. The Balaban J connectivity index is 2.04. The standard InChI is InChI=1S/C15H21N2O3/c1-11-10-16-8-7-13(11)20-17-9-5-6-12(17)14(18)19-15(2,3)4/h7-8,12H,5-6,9H2,1-4H3. The highest BCUT2D eigenvalue weighted by atomic mass is 16.7. The molecule has 1 saturated heterocycles. The summed E-state index contributed by atoms with van der Waals surface area (Å²) in [5, 5.41) is 1.70. The molecule has 1 unspecified atom stereocenters. The first kappa shape index (κ1) is 14.8. The Morgan fingerprint density at radius 2 is 2.25 bits per heavy atom. The number of hydrogen-bond acceptors (Lipinski definition) is 5. The summed E-state index contributed by atoms with van der Waals surface area (Å²) in [5.41, 5.74) is 0.341. The van der Waals surface area contributed by atoms with E-state index in [1.807, 2.05) is 27.7 Å². The molecule has 0 amide bonds. The van der Waals surface area contributed by atoms with Crippen LogP contribution in [0.1, 0.15) is 39.2 Å². The summed E-state index contributed by atoms with van der Waals surface area (Å²) in [6.07, 6.45) is 6.13. The van der Waals surface area contributed by atoms with Crippen LogP contribution in [-0.4, -0.2) is 34.2 Å². The van der Waals surface area contributed by atoms with Crippen molar-refractivity contribution in [3.8, 4) is 5.75 Å². The van der Waals surface area contributed by atoms with Gasteiger partial charge in [0.2, 0.25) is 0 Å². The first-order valence-electron chi connectivity index (χ1n) is 6.87. The Morgan fingerprint density at radius 1 is 1.50 bits per heavy atom. The van der Waals surface area contributed by atoms with E-state index in [9.17, 15) is 4.79 Å². The number of aromatic nitrogens is 1. The number of pyridine rings is 1. The van der Waals surface area contributed by atoms with Crippen molar-refractivity contribution >= 4 is 5.97 Å². The lowest BCUT2D eigenvalue weighted by Crippen LogP contribution is -2.42. The van der Waals surface area contributed by atoms with E-state index in [1.54, 1.807) is 17.3 Å². The predicted octanol–water partition coefficient (Wildman–Crippen LogP) is 2.29. The minimum atomic E-state index is -0.480. The molecule has 109 valence electrons. The fourth-order valence-corrected chi connectivity index (χ4v) is 2.10. The highest BCUT2D eigenvalue weighted by molar-refractivity contribution is 5.76. The fraction of sp³-hybridized carbons (Fsp3) is 0.600. The van der Waals surface area contributed by atoms with E-state index in [4.69, 9.17) is 9.57 Å². The van der Waals surface area contributed by atoms with Gasteiger partial charge in [-0.1, -0.05) is 0 Å². The van der Waals surface area contributed by atoms with Gasteiger partial charge in [-0.15, -0.1) is 5.06 Å². The van der Waals surface area contributed by atoms with Crippen LogP contribution >= 0.6 is 0 Å². The molecule has 1 aliphatic heterocycles. The summed E-state index contributed by atoms with van der Waals surface area (Å²) < 4.78 is 5.44. The lowest BCUT2D eigenvalue weighted by atomic mass is 10.2. The molecule has 0 spiro atoms. The quantitative estimate of drug-likeness (QED) is 0.793. The Morgan fingerprint density at radius 3 is 2.90 bits per heavy atom. The summed E-state index contributed by atoms with van der Waals surface area (Å²) in [6, 6.07) is 1.43. The smallest absolute Gasteiger partial charge is 0.327 e. The second-order valence-corrected chi connectivity index (χ2v) is 5.97. The normalized spacial score (nSPS) is 19.9. The van der Waals surface area contributed by atoms with E-state index in [0.717, 1.165) is 18.4 Å². The van der Waals surface area contributed by atoms with Gasteiger partial charge in [0.05, 0.1) is 6.20 Å². The van der Waals surface area contributed by atoms with Crippen molar-refractivity contribution in [1.82, 2.24) is 10.0 Å². The molecule has 5 nitrogen and oxygen atoms in total. The zero-order valence-corrected chi connectivity index (χ0v) is 12.5. The minimum Gasteiger partial charge on any atom is -0.459 e. The largest absolute Gasteiger partial charge is 0.459 e. The number of rotatable bonds is 3. The van der Waals surface area contributed by atoms with Gasteiger partial charge in [0, 0.05) is 24.4 Å². The minimum absolute atomic E-state index is 0.231. The summed E-state index contributed by atoms with van der Waals surface area (Å²) in [6.45, 7) is 8.19. The topological polar surface area (TPSA) is 51.7 Å². The third-order valence-corrected chi connectivity index (χ3v) is 3.00. The number of carbonyl (C=O) groups excluding carboxylic acids is 1. The Bertz CT molecular complexity index is 482. The third kappa shape index (κ3) is 3.70. The number of hydroxylamine groups is 2. The van der Waals surface area contributed by atoms with Crippen molar-refractivity contribution in [2.24, 2.45) is 0 Å². The molecule has 0 aliphatic carbocycles. The maximum Gasteiger partial charge on any atom is 0.327 e. The van der Waals surface area contributed by atoms with Gasteiger partial charge in [-0.25, -0.2) is 0 Å². The van der Waals surface area contributed by atoms with Crippen LogP contribution in [0.5, 0.6) is 5.75 Å². The van der Waals surface area contributed by atoms with Crippen LogP contribution in [0.4, 0.5) is 0 Å². The van der Waals surface area contributed by atoms with Gasteiger partial charge in [-0.2, -0.15) is 0 Å². The zero-order chi connectivity index (χ0) is 14.8. The summed E-state index contributed by atoms with van der Waals surface area (Å²) >= 11 is 0. The van der Waals surface area contributed by atoms with Crippen LogP contribution in [0.25, 0.3) is 0 Å². The van der Waals surface area contributed by atoms with Crippen molar-refractivity contribution < 1.29 is 14.4 Å². The number of aryl methyl sites for hydroxylation is 1. The van der Waals surface area contributed by atoms with Gasteiger partial charge in [0.25, 0.3) is 0 Å². The van der Waals surface area contributed by atoms with Crippen molar-refractivity contribution in [2.75, 3.05) is 6.54 Å². The lowest BCUT2D eigenvalue weighted by molar-refractivity contribution is -0.172. The van der Waals surface area contributed by atoms with E-state index >= 15 is 0 Å². The van der Waals surface area contributed by atoms with Crippen molar-refractivity contribution in [1.29, 1.82) is 0 Å². The van der Waals surface area contributed by atoms with Crippen molar-refractivity contribution in [3.63, 3.8) is 0 Å². The third-order valence-electron chi connectivity index (χ3n) is 3.00. The molecule has 1 aromatic rings. The molecular formula is C15H21N2O3. The van der Waals surface area contributed by atoms with Crippen molar-refractivity contribution in [2.45, 2.75) is 52.2 Å². The number of nitrogens with zero attached hydrogens (tertiary/aromatic N) is 2. The Labute approximate surface area is 119 Å². The van der Waals surface area contributed by atoms with E-state index in [0.29, 0.717) is 12.3 Å². The zero-order valence-electron chi connectivity index (χ0n) is 12.5. The molecule has 20 heavy (non-hydrogen) atoms. The molecule has 0 saturated carbocycles. The maximum absolute atomic E-state index is 12.2. The number of esters is 1. The maximum atomic E-state index is 12.2. The molecule has 1 fully saturated rings. The Kier molecular flexibility index (Phi) is 4.28. The van der Waals surface area contributed by atoms with E-state index < -0.39 is 5.60 Å². The van der Waals surface area contributed by atoms with Gasteiger partial charge in [-0.3, -0.25) is 9.78 Å². The van der Waals surface area contributed by atoms with Gasteiger partial charge < -0.3 is 9.57 Å². The van der Waals surface area contributed by atoms with Crippen LogP contribution in [0.15, 0.2) is 12.3 Å². The van der Waals surface area contributed by atoms with Gasteiger partial charge in [-0.05, 0) is 40.5 Å². The molecule has 0 N–H and O–H groups in total. The van der Waals surface area contributed by atoms with E-state index in [-0.39, 0.29) is 12.0 Å². The fourth-order valence-electron chi connectivity index (χ4n) is 2.10. The van der Waals surface area contributed by atoms with E-state index in [1.165, 1.54) is 0 Å². The lowest BCUT2D eigenvalue weighted by Gasteiger charge is -2.27. The summed E-state index contributed by atoms with van der Waals surface area (Å²) in [5.74, 6) is 0.446. The predicted molar refractivity (Wildman–Crippen MR) is 74.0 cm³/mol. The number of hydrogen-bond donors (Lipinski definition) is 0. The molecule has 0 bridgehead atoms. The number of ether oxygens (including phenoxy) is 1. The first-order valence-corrected chi connectivity index (χ1v) is 6.87. The molecule has 0 aromatic carbocycles. The molecule has 2 heterocycles. The molecular weight excluding hydrogens is 256 g/mol. The summed E-state index contributed by atoms with van der Waals surface area (Å²) in [7, 11) is 0. The average Bonchev–Trinajstić information content (AvgIpc) is 2.78. The van der Waals surface area contributed by atoms with E-state index in [2.05, 4.69) is 11.2 Å². The molecule has 1 atom stereocenters. The van der Waals surface area contributed by atoms with Crippen molar-refractivity contribution in [3.05, 3.63) is 24.0 Å². The second kappa shape index (κ2) is 5.79. The van der Waals surface area contributed by atoms with Crippen LogP contribution in [0.3, 0.4) is 0 Å².